The molecule has 0 aromatic carbocycles. The molecule has 0 saturated carbocycles. The first-order chi connectivity index (χ1) is 6.65. The minimum Gasteiger partial charge on any atom is -0.366 e. The smallest absolute Gasteiger partial charge is 0.366 e. The highest BCUT2D eigenvalue weighted by molar-refractivity contribution is 7.82. The van der Waals surface area contributed by atoms with Gasteiger partial charge in [0.1, 0.15) is 0 Å². The van der Waals surface area contributed by atoms with E-state index in [0.29, 0.717) is 0 Å². The van der Waals surface area contributed by atoms with Crippen LogP contribution in [-0.4, -0.2) is 40.6 Å². The summed E-state index contributed by atoms with van der Waals surface area (Å²) in [5.41, 5.74) is 5.29. The van der Waals surface area contributed by atoms with Crippen LogP contribution in [-0.2, 0) is 9.13 Å². The number of rotatable bonds is 4. The van der Waals surface area contributed by atoms with Gasteiger partial charge in [0.15, 0.2) is 0 Å². The number of thiol groups is 1. The Morgan fingerprint density at radius 2 is 1.38 bits per heavy atom. The van der Waals surface area contributed by atoms with E-state index in [4.69, 9.17) is 25.3 Å². The van der Waals surface area contributed by atoms with Crippen molar-refractivity contribution in [3.63, 3.8) is 0 Å². The molecule has 0 heterocycles. The Morgan fingerprint density at radius 1 is 1.12 bits per heavy atom. The lowest BCUT2D eigenvalue weighted by molar-refractivity contribution is 0.0983. The van der Waals surface area contributed by atoms with Crippen molar-refractivity contribution in [3.8, 4) is 0 Å². The predicted molar refractivity (Wildman–Crippen MR) is 60.1 cm³/mol. The second-order valence-electron chi connectivity index (χ2n) is 3.91. The van der Waals surface area contributed by atoms with Gasteiger partial charge in [-0.05, 0) is 13.8 Å². The maximum Gasteiger partial charge on any atom is 0.371 e. The van der Waals surface area contributed by atoms with Crippen molar-refractivity contribution in [2.45, 2.75) is 29.7 Å². The lowest BCUT2D eigenvalue weighted by Gasteiger charge is -2.40. The van der Waals surface area contributed by atoms with Gasteiger partial charge in [0, 0.05) is 4.75 Å². The zero-order valence-corrected chi connectivity index (χ0v) is 11.2. The SMILES string of the molecule is CC(C)(S)C(N)C(O)(P(=O)(O)O)P(=O)(O)O. The van der Waals surface area contributed by atoms with Crippen LogP contribution >= 0.6 is 27.8 Å². The van der Waals surface area contributed by atoms with Crippen LogP contribution in [0, 0.1) is 0 Å². The van der Waals surface area contributed by atoms with Crippen molar-refractivity contribution in [3.05, 3.63) is 0 Å². The molecular weight excluding hydrogens is 280 g/mol. The van der Waals surface area contributed by atoms with Gasteiger partial charge in [-0.2, -0.15) is 12.6 Å². The van der Waals surface area contributed by atoms with Crippen molar-refractivity contribution in [2.24, 2.45) is 5.73 Å². The molecule has 0 radical (unpaired) electrons. The van der Waals surface area contributed by atoms with Crippen molar-refractivity contribution in [2.75, 3.05) is 0 Å². The number of hydrogen-bond donors (Lipinski definition) is 7. The van der Waals surface area contributed by atoms with E-state index in [9.17, 15) is 14.2 Å². The van der Waals surface area contributed by atoms with Crippen LogP contribution in [0.3, 0.4) is 0 Å². The number of aliphatic hydroxyl groups is 1. The van der Waals surface area contributed by atoms with Gasteiger partial charge in [-0.15, -0.1) is 0 Å². The second-order valence-corrected chi connectivity index (χ2v) is 8.95. The fourth-order valence-electron chi connectivity index (χ4n) is 1.01. The summed E-state index contributed by atoms with van der Waals surface area (Å²) in [6.45, 7) is 2.52. The van der Waals surface area contributed by atoms with Gasteiger partial charge in [0.05, 0.1) is 6.04 Å². The molecule has 8 nitrogen and oxygen atoms in total. The van der Waals surface area contributed by atoms with E-state index in [1.807, 2.05) is 0 Å². The average Bonchev–Trinajstić information content (AvgIpc) is 1.95. The summed E-state index contributed by atoms with van der Waals surface area (Å²) in [6, 6.07) is -1.93. The molecule has 7 N–H and O–H groups in total. The molecule has 11 heteroatoms. The summed E-state index contributed by atoms with van der Waals surface area (Å²) in [5, 5.41) is 5.94. The molecular formula is C5H15NO7P2S. The van der Waals surface area contributed by atoms with Gasteiger partial charge in [-0.3, -0.25) is 9.13 Å². The Kier molecular flexibility index (Phi) is 4.50. The third-order valence-electron chi connectivity index (χ3n) is 2.04. The van der Waals surface area contributed by atoms with Crippen molar-refractivity contribution >= 4 is 27.8 Å². The first-order valence-corrected chi connectivity index (χ1v) is 7.64. The van der Waals surface area contributed by atoms with Gasteiger partial charge in [-0.1, -0.05) is 0 Å². The third-order valence-corrected chi connectivity index (χ3v) is 6.15. The average molecular weight is 295 g/mol. The van der Waals surface area contributed by atoms with Crippen LogP contribution < -0.4 is 5.73 Å². The van der Waals surface area contributed by atoms with E-state index >= 15 is 0 Å². The molecule has 98 valence electrons. The first kappa shape index (κ1) is 16.6. The Hall–Kier alpha value is 0.570. The first-order valence-electron chi connectivity index (χ1n) is 3.97. The number of hydrogen-bond acceptors (Lipinski definition) is 5. The number of nitrogens with two attached hydrogens (primary N) is 1. The summed E-state index contributed by atoms with van der Waals surface area (Å²) >= 11 is 3.84. The molecule has 1 atom stereocenters. The molecule has 0 saturated heterocycles. The predicted octanol–water partition coefficient (Wildman–Crippen LogP) is -0.976. The maximum absolute atomic E-state index is 11.0. The molecule has 0 aromatic heterocycles. The molecule has 0 aliphatic carbocycles. The fraction of sp³-hybridized carbons (Fsp3) is 1.00. The summed E-state index contributed by atoms with van der Waals surface area (Å²) < 4.78 is 20.6. The maximum atomic E-state index is 11.0. The minimum atomic E-state index is -5.54. The highest BCUT2D eigenvalue weighted by Crippen LogP contribution is 2.69. The van der Waals surface area contributed by atoms with E-state index in [1.54, 1.807) is 0 Å². The van der Waals surface area contributed by atoms with Crippen LogP contribution in [0.25, 0.3) is 0 Å². The van der Waals surface area contributed by atoms with Crippen LogP contribution in [0.4, 0.5) is 0 Å². The lowest BCUT2D eigenvalue weighted by Crippen LogP contribution is -2.56. The van der Waals surface area contributed by atoms with Crippen LogP contribution in [0.15, 0.2) is 0 Å². The van der Waals surface area contributed by atoms with E-state index in [-0.39, 0.29) is 0 Å². The highest BCUT2D eigenvalue weighted by atomic mass is 32.1. The van der Waals surface area contributed by atoms with Crippen LogP contribution in [0.5, 0.6) is 0 Å². The topological polar surface area (TPSA) is 161 Å². The quantitative estimate of drug-likeness (QED) is 0.257. The Bertz CT molecular complexity index is 332. The largest absolute Gasteiger partial charge is 0.371 e. The molecule has 0 spiro atoms. The zero-order valence-electron chi connectivity index (χ0n) is 8.55. The highest BCUT2D eigenvalue weighted by Gasteiger charge is 2.65. The van der Waals surface area contributed by atoms with Gasteiger partial charge in [0.2, 0.25) is 0 Å². The van der Waals surface area contributed by atoms with Gasteiger partial charge < -0.3 is 30.4 Å². The molecule has 0 amide bonds. The molecule has 16 heavy (non-hydrogen) atoms. The Balaban J connectivity index is 5.84. The summed E-state index contributed by atoms with van der Waals surface area (Å²) in [7, 11) is -11.1. The molecule has 0 bridgehead atoms. The van der Waals surface area contributed by atoms with Crippen LogP contribution in [0.2, 0.25) is 0 Å². The third kappa shape index (κ3) is 2.87. The molecule has 0 aliphatic rings. The van der Waals surface area contributed by atoms with Gasteiger partial charge in [0.25, 0.3) is 5.08 Å². The Labute approximate surface area is 97.6 Å². The van der Waals surface area contributed by atoms with Crippen molar-refractivity contribution < 1.29 is 33.8 Å². The van der Waals surface area contributed by atoms with E-state index in [1.165, 1.54) is 13.8 Å². The van der Waals surface area contributed by atoms with Crippen molar-refractivity contribution in [1.29, 1.82) is 0 Å². The Morgan fingerprint density at radius 3 is 1.44 bits per heavy atom. The monoisotopic (exact) mass is 295 g/mol. The lowest BCUT2D eigenvalue weighted by atomic mass is 10.1. The molecule has 1 unspecified atom stereocenters. The van der Waals surface area contributed by atoms with E-state index in [0.717, 1.165) is 0 Å². The summed E-state index contributed by atoms with van der Waals surface area (Å²) in [4.78, 5) is 35.4. The second kappa shape index (κ2) is 4.35. The fourth-order valence-corrected chi connectivity index (χ4v) is 4.12. The summed E-state index contributed by atoms with van der Waals surface area (Å²) in [6.07, 6.45) is 0. The van der Waals surface area contributed by atoms with Gasteiger partial charge in [-0.25, -0.2) is 0 Å². The normalized spacial score (nSPS) is 17.3. The minimum absolute atomic E-state index is 1.26. The standard InChI is InChI=1S/C5H15NO7P2S/c1-4(2,16)3(6)5(7,14(8,9)10)15(11,12)13/h3,7,16H,6H2,1-2H3,(H2,8,9,10)(H2,11,12,13). The van der Waals surface area contributed by atoms with Crippen molar-refractivity contribution in [1.82, 2.24) is 0 Å². The molecule has 0 fully saturated rings. The molecule has 0 aliphatic heterocycles. The summed E-state index contributed by atoms with van der Waals surface area (Å²) in [5.74, 6) is 0. The van der Waals surface area contributed by atoms with Gasteiger partial charge >= 0.3 is 15.2 Å². The molecule has 0 aromatic rings. The van der Waals surface area contributed by atoms with Crippen LogP contribution in [0.1, 0.15) is 13.8 Å². The molecule has 0 rings (SSSR count). The van der Waals surface area contributed by atoms with E-state index < -0.39 is 31.1 Å². The van der Waals surface area contributed by atoms with E-state index in [2.05, 4.69) is 12.6 Å². The zero-order chi connectivity index (χ0) is 13.6.